The third-order valence-corrected chi connectivity index (χ3v) is 3.54. The molecule has 2 rings (SSSR count). The van der Waals surface area contributed by atoms with Crippen molar-refractivity contribution in [2.24, 2.45) is 11.7 Å². The monoisotopic (exact) mass is 256 g/mol. The maximum Gasteiger partial charge on any atom is 0.124 e. The third-order valence-electron chi connectivity index (χ3n) is 3.21. The normalized spacial score (nSPS) is 17.1. The van der Waals surface area contributed by atoms with Crippen LogP contribution in [0.4, 0.5) is 4.39 Å². The highest BCUT2D eigenvalue weighted by atomic mass is 35.5. The number of benzene rings is 1. The minimum Gasteiger partial charge on any atom is -0.329 e. The lowest BCUT2D eigenvalue weighted by atomic mass is 10.1. The van der Waals surface area contributed by atoms with Gasteiger partial charge in [-0.25, -0.2) is 4.39 Å². The number of nitrogens with two attached hydrogens (primary N) is 1. The van der Waals surface area contributed by atoms with Crippen molar-refractivity contribution in [2.75, 3.05) is 13.1 Å². The topological polar surface area (TPSA) is 38.0 Å². The molecule has 1 saturated carbocycles. The van der Waals surface area contributed by atoms with Crippen molar-refractivity contribution in [2.45, 2.75) is 25.3 Å². The lowest BCUT2D eigenvalue weighted by Gasteiger charge is -2.18. The summed E-state index contributed by atoms with van der Waals surface area (Å²) in [7, 11) is 0. The molecule has 1 fully saturated rings. The number of hydrogen-bond acceptors (Lipinski definition) is 2. The first-order chi connectivity index (χ1) is 8.20. The number of nitrogens with one attached hydrogen (secondary N) is 1. The second-order valence-corrected chi connectivity index (χ2v) is 5.05. The summed E-state index contributed by atoms with van der Waals surface area (Å²) in [6.07, 6.45) is 3.90. The largest absolute Gasteiger partial charge is 0.329 e. The van der Waals surface area contributed by atoms with Gasteiger partial charge in [-0.05, 0) is 36.6 Å². The molecule has 2 nitrogen and oxygen atoms in total. The standard InChI is InChI=1S/C13H18ClFN2/c14-12-7-10(15)3-4-11(12)13(8-16)17-6-5-9-1-2-9/h3-4,7,9,13,17H,1-2,5-6,8,16H2. The van der Waals surface area contributed by atoms with Gasteiger partial charge in [0.1, 0.15) is 5.82 Å². The molecule has 0 bridgehead atoms. The van der Waals surface area contributed by atoms with E-state index in [2.05, 4.69) is 5.32 Å². The van der Waals surface area contributed by atoms with E-state index in [4.69, 9.17) is 17.3 Å². The number of halogens is 2. The zero-order chi connectivity index (χ0) is 12.3. The van der Waals surface area contributed by atoms with E-state index >= 15 is 0 Å². The van der Waals surface area contributed by atoms with E-state index in [1.165, 1.54) is 31.4 Å². The van der Waals surface area contributed by atoms with Crippen LogP contribution in [0.15, 0.2) is 18.2 Å². The molecule has 94 valence electrons. The lowest BCUT2D eigenvalue weighted by Crippen LogP contribution is -2.29. The van der Waals surface area contributed by atoms with Crippen LogP contribution < -0.4 is 11.1 Å². The molecule has 0 aliphatic heterocycles. The smallest absolute Gasteiger partial charge is 0.124 e. The molecule has 1 aromatic carbocycles. The van der Waals surface area contributed by atoms with E-state index in [0.29, 0.717) is 11.6 Å². The van der Waals surface area contributed by atoms with Gasteiger partial charge in [0.2, 0.25) is 0 Å². The van der Waals surface area contributed by atoms with Gasteiger partial charge in [0.15, 0.2) is 0 Å². The Morgan fingerprint density at radius 3 is 2.82 bits per heavy atom. The van der Waals surface area contributed by atoms with Crippen molar-refractivity contribution in [3.8, 4) is 0 Å². The van der Waals surface area contributed by atoms with Crippen LogP contribution in [0.25, 0.3) is 0 Å². The summed E-state index contributed by atoms with van der Waals surface area (Å²) in [5, 5.41) is 3.83. The molecule has 4 heteroatoms. The average molecular weight is 257 g/mol. The van der Waals surface area contributed by atoms with Crippen LogP contribution in [0.3, 0.4) is 0 Å². The van der Waals surface area contributed by atoms with Gasteiger partial charge in [0.05, 0.1) is 0 Å². The van der Waals surface area contributed by atoms with Crippen molar-refractivity contribution in [3.05, 3.63) is 34.6 Å². The molecule has 17 heavy (non-hydrogen) atoms. The highest BCUT2D eigenvalue weighted by Crippen LogP contribution is 2.32. The molecular weight excluding hydrogens is 239 g/mol. The summed E-state index contributed by atoms with van der Waals surface area (Å²) in [5.74, 6) is 0.581. The van der Waals surface area contributed by atoms with Crippen LogP contribution in [0.2, 0.25) is 5.02 Å². The maximum atomic E-state index is 12.9. The minimum absolute atomic E-state index is 0.0156. The summed E-state index contributed by atoms with van der Waals surface area (Å²) in [6, 6.07) is 4.48. The Labute approximate surface area is 106 Å². The summed E-state index contributed by atoms with van der Waals surface area (Å²) in [5.41, 5.74) is 6.61. The Balaban J connectivity index is 1.94. The second kappa shape index (κ2) is 5.80. The Kier molecular flexibility index (Phi) is 4.37. The van der Waals surface area contributed by atoms with E-state index in [-0.39, 0.29) is 11.9 Å². The molecule has 0 radical (unpaired) electrons. The number of hydrogen-bond donors (Lipinski definition) is 2. The maximum absolute atomic E-state index is 12.9. The van der Waals surface area contributed by atoms with Crippen molar-refractivity contribution in [3.63, 3.8) is 0 Å². The third kappa shape index (κ3) is 3.66. The van der Waals surface area contributed by atoms with Gasteiger partial charge in [-0.1, -0.05) is 30.5 Å². The second-order valence-electron chi connectivity index (χ2n) is 4.64. The first-order valence-electron chi connectivity index (χ1n) is 6.09. The Hall–Kier alpha value is -0.640. The van der Waals surface area contributed by atoms with E-state index < -0.39 is 0 Å². The van der Waals surface area contributed by atoms with Gasteiger partial charge in [-0.2, -0.15) is 0 Å². The fourth-order valence-electron chi connectivity index (χ4n) is 1.97. The summed E-state index contributed by atoms with van der Waals surface area (Å²) in [4.78, 5) is 0. The molecule has 0 spiro atoms. The molecule has 0 amide bonds. The zero-order valence-electron chi connectivity index (χ0n) is 9.76. The van der Waals surface area contributed by atoms with Crippen molar-refractivity contribution in [1.82, 2.24) is 5.32 Å². The quantitative estimate of drug-likeness (QED) is 0.821. The van der Waals surface area contributed by atoms with Gasteiger partial charge in [-0.3, -0.25) is 0 Å². The predicted octanol–water partition coefficient (Wildman–Crippen LogP) is 2.87. The molecule has 1 atom stereocenters. The predicted molar refractivity (Wildman–Crippen MR) is 68.5 cm³/mol. The van der Waals surface area contributed by atoms with Gasteiger partial charge in [-0.15, -0.1) is 0 Å². The fraction of sp³-hybridized carbons (Fsp3) is 0.538. The van der Waals surface area contributed by atoms with Crippen LogP contribution in [0.5, 0.6) is 0 Å². The first-order valence-corrected chi connectivity index (χ1v) is 6.47. The molecule has 1 aliphatic rings. The Morgan fingerprint density at radius 2 is 2.24 bits per heavy atom. The first kappa shape index (κ1) is 12.8. The molecule has 3 N–H and O–H groups in total. The van der Waals surface area contributed by atoms with Crippen LogP contribution in [0.1, 0.15) is 30.9 Å². The number of rotatable bonds is 6. The molecule has 1 aromatic rings. The SMILES string of the molecule is NCC(NCCC1CC1)c1ccc(F)cc1Cl. The molecular formula is C13H18ClFN2. The molecule has 1 unspecified atom stereocenters. The molecule has 1 aliphatic carbocycles. The van der Waals surface area contributed by atoms with Crippen molar-refractivity contribution >= 4 is 11.6 Å². The lowest BCUT2D eigenvalue weighted by molar-refractivity contribution is 0.515. The van der Waals surface area contributed by atoms with Gasteiger partial charge in [0, 0.05) is 17.6 Å². The molecule has 0 saturated heterocycles. The minimum atomic E-state index is -0.312. The average Bonchev–Trinajstić information content (AvgIpc) is 3.10. The summed E-state index contributed by atoms with van der Waals surface area (Å²) in [6.45, 7) is 1.41. The van der Waals surface area contributed by atoms with Gasteiger partial charge < -0.3 is 11.1 Å². The van der Waals surface area contributed by atoms with E-state index in [9.17, 15) is 4.39 Å². The van der Waals surface area contributed by atoms with E-state index in [0.717, 1.165) is 18.0 Å². The molecule has 0 heterocycles. The van der Waals surface area contributed by atoms with Crippen LogP contribution in [-0.4, -0.2) is 13.1 Å². The van der Waals surface area contributed by atoms with Crippen LogP contribution in [0, 0.1) is 11.7 Å². The molecule has 0 aromatic heterocycles. The van der Waals surface area contributed by atoms with Crippen LogP contribution in [-0.2, 0) is 0 Å². The summed E-state index contributed by atoms with van der Waals surface area (Å²) >= 11 is 6.02. The van der Waals surface area contributed by atoms with Gasteiger partial charge >= 0.3 is 0 Å². The highest BCUT2D eigenvalue weighted by molar-refractivity contribution is 6.31. The van der Waals surface area contributed by atoms with Crippen LogP contribution >= 0.6 is 11.6 Å². The van der Waals surface area contributed by atoms with E-state index in [1.54, 1.807) is 6.07 Å². The van der Waals surface area contributed by atoms with Crippen molar-refractivity contribution in [1.29, 1.82) is 0 Å². The van der Waals surface area contributed by atoms with Gasteiger partial charge in [0.25, 0.3) is 0 Å². The Morgan fingerprint density at radius 1 is 1.47 bits per heavy atom. The van der Waals surface area contributed by atoms with Crippen molar-refractivity contribution < 1.29 is 4.39 Å². The zero-order valence-corrected chi connectivity index (χ0v) is 10.5. The highest BCUT2D eigenvalue weighted by Gasteiger charge is 2.21. The Bertz CT molecular complexity index is 380. The van der Waals surface area contributed by atoms with E-state index in [1.807, 2.05) is 0 Å². The fourth-order valence-corrected chi connectivity index (χ4v) is 2.27. The summed E-state index contributed by atoms with van der Waals surface area (Å²) < 4.78 is 12.9.